The highest BCUT2D eigenvalue weighted by Crippen LogP contribution is 2.22. The summed E-state index contributed by atoms with van der Waals surface area (Å²) in [6.45, 7) is 1.74. The average Bonchev–Trinajstić information content (AvgIpc) is 2.99. The number of nitrogens with one attached hydrogen (secondary N) is 1. The van der Waals surface area contributed by atoms with Crippen molar-refractivity contribution in [2.24, 2.45) is 0 Å². The van der Waals surface area contributed by atoms with Gasteiger partial charge in [0.25, 0.3) is 5.56 Å². The minimum atomic E-state index is -0.341. The van der Waals surface area contributed by atoms with Gasteiger partial charge in [-0.2, -0.15) is 5.10 Å². The molecule has 0 amide bonds. The third-order valence-corrected chi connectivity index (χ3v) is 4.15. The van der Waals surface area contributed by atoms with Crippen LogP contribution in [0.1, 0.15) is 5.69 Å². The van der Waals surface area contributed by atoms with Crippen LogP contribution in [-0.2, 0) is 0 Å². The lowest BCUT2D eigenvalue weighted by molar-refractivity contribution is 0.415. The highest BCUT2D eigenvalue weighted by atomic mass is 19.1. The van der Waals surface area contributed by atoms with Crippen LogP contribution in [0.4, 0.5) is 4.39 Å². The lowest BCUT2D eigenvalue weighted by atomic mass is 10.2. The number of methoxy groups -OCH3 is 1. The van der Waals surface area contributed by atoms with Crippen LogP contribution < -0.4 is 10.3 Å². The number of halogens is 1. The molecule has 7 heteroatoms. The Hall–Kier alpha value is -3.48. The highest BCUT2D eigenvalue weighted by Gasteiger charge is 2.16. The predicted octanol–water partition coefficient (Wildman–Crippen LogP) is 3.23. The van der Waals surface area contributed by atoms with Crippen LogP contribution in [-0.4, -0.2) is 26.9 Å². The molecular formula is C19H15FN4O2. The van der Waals surface area contributed by atoms with Crippen molar-refractivity contribution in [1.82, 2.24) is 19.7 Å². The number of fused-ring (bicyclic) bond motifs is 1. The molecule has 2 aromatic heterocycles. The van der Waals surface area contributed by atoms with Gasteiger partial charge >= 0.3 is 0 Å². The summed E-state index contributed by atoms with van der Waals surface area (Å²) in [5.74, 6) is 0.796. The molecule has 4 rings (SSSR count). The average molecular weight is 350 g/mol. The van der Waals surface area contributed by atoms with E-state index in [4.69, 9.17) is 4.74 Å². The molecule has 0 unspecified atom stereocenters. The van der Waals surface area contributed by atoms with Crippen molar-refractivity contribution in [1.29, 1.82) is 0 Å². The van der Waals surface area contributed by atoms with E-state index in [9.17, 15) is 9.18 Å². The number of benzene rings is 2. The van der Waals surface area contributed by atoms with Crippen molar-refractivity contribution < 1.29 is 9.13 Å². The Labute approximate surface area is 147 Å². The SMILES string of the molecule is COc1ccc(-c2nc3c(c(C)nn3-c3ccc(F)cc3)c(=O)[nH]2)cc1. The zero-order chi connectivity index (χ0) is 18.3. The number of hydrogen-bond donors (Lipinski definition) is 1. The van der Waals surface area contributed by atoms with Gasteiger partial charge in [0.2, 0.25) is 0 Å². The van der Waals surface area contributed by atoms with E-state index in [0.29, 0.717) is 34.0 Å². The Bertz CT molecular complexity index is 1150. The first-order valence-electron chi connectivity index (χ1n) is 7.97. The summed E-state index contributed by atoms with van der Waals surface area (Å²) in [6.07, 6.45) is 0. The molecule has 4 aromatic rings. The maximum Gasteiger partial charge on any atom is 0.262 e. The van der Waals surface area contributed by atoms with Gasteiger partial charge in [-0.3, -0.25) is 4.79 Å². The fraction of sp³-hybridized carbons (Fsp3) is 0.105. The van der Waals surface area contributed by atoms with Crippen molar-refractivity contribution in [2.45, 2.75) is 6.92 Å². The van der Waals surface area contributed by atoms with Gasteiger partial charge in [-0.1, -0.05) is 0 Å². The summed E-state index contributed by atoms with van der Waals surface area (Å²) in [5, 5.41) is 4.81. The van der Waals surface area contributed by atoms with E-state index < -0.39 is 0 Å². The van der Waals surface area contributed by atoms with Gasteiger partial charge in [0.1, 0.15) is 22.8 Å². The van der Waals surface area contributed by atoms with Crippen LogP contribution in [0, 0.1) is 12.7 Å². The largest absolute Gasteiger partial charge is 0.497 e. The summed E-state index contributed by atoms with van der Waals surface area (Å²) in [5.41, 5.74) is 2.08. The molecule has 0 fully saturated rings. The Kier molecular flexibility index (Phi) is 3.76. The number of H-pyrrole nitrogens is 1. The molecule has 0 atom stereocenters. The van der Waals surface area contributed by atoms with Crippen LogP contribution in [0.15, 0.2) is 53.3 Å². The summed E-state index contributed by atoms with van der Waals surface area (Å²) in [6, 6.07) is 13.1. The summed E-state index contributed by atoms with van der Waals surface area (Å²) < 4.78 is 19.9. The summed E-state index contributed by atoms with van der Waals surface area (Å²) >= 11 is 0. The second-order valence-corrected chi connectivity index (χ2v) is 5.82. The maximum atomic E-state index is 13.2. The van der Waals surface area contributed by atoms with E-state index >= 15 is 0 Å². The van der Waals surface area contributed by atoms with Gasteiger partial charge in [0, 0.05) is 5.56 Å². The Morgan fingerprint density at radius 2 is 1.77 bits per heavy atom. The molecule has 130 valence electrons. The summed E-state index contributed by atoms with van der Waals surface area (Å²) in [4.78, 5) is 20.0. The predicted molar refractivity (Wildman–Crippen MR) is 96.2 cm³/mol. The number of aromatic nitrogens is 4. The smallest absolute Gasteiger partial charge is 0.262 e. The van der Waals surface area contributed by atoms with Gasteiger partial charge in [0.15, 0.2) is 5.65 Å². The minimum absolute atomic E-state index is 0.272. The van der Waals surface area contributed by atoms with Gasteiger partial charge < -0.3 is 9.72 Å². The Morgan fingerprint density at radius 3 is 2.42 bits per heavy atom. The first-order chi connectivity index (χ1) is 12.6. The van der Waals surface area contributed by atoms with Crippen molar-refractivity contribution in [3.63, 3.8) is 0 Å². The first kappa shape index (κ1) is 16.0. The second-order valence-electron chi connectivity index (χ2n) is 5.82. The molecule has 0 bridgehead atoms. The lowest BCUT2D eigenvalue weighted by Crippen LogP contribution is -2.10. The quantitative estimate of drug-likeness (QED) is 0.616. The third-order valence-electron chi connectivity index (χ3n) is 4.15. The number of rotatable bonds is 3. The Balaban J connectivity index is 1.93. The third kappa shape index (κ3) is 2.63. The molecule has 26 heavy (non-hydrogen) atoms. The van der Waals surface area contributed by atoms with Gasteiger partial charge in [-0.25, -0.2) is 14.1 Å². The number of hydrogen-bond acceptors (Lipinski definition) is 4. The summed E-state index contributed by atoms with van der Waals surface area (Å²) in [7, 11) is 1.59. The molecule has 0 saturated carbocycles. The molecule has 6 nitrogen and oxygen atoms in total. The van der Waals surface area contributed by atoms with Gasteiger partial charge in [0.05, 0.1) is 18.5 Å². The molecule has 0 aliphatic carbocycles. The molecular weight excluding hydrogens is 335 g/mol. The molecule has 0 aliphatic heterocycles. The maximum absolute atomic E-state index is 13.2. The highest BCUT2D eigenvalue weighted by molar-refractivity contribution is 5.80. The standard InChI is InChI=1S/C19H15FN4O2/c1-11-16-18(24(23-11)14-7-5-13(20)6-8-14)21-17(22-19(16)25)12-3-9-15(26-2)10-4-12/h3-10H,1-2H3,(H,21,22,25). The molecule has 0 radical (unpaired) electrons. The molecule has 2 aromatic carbocycles. The van der Waals surface area contributed by atoms with E-state index in [-0.39, 0.29) is 11.4 Å². The van der Waals surface area contributed by atoms with Crippen molar-refractivity contribution >= 4 is 11.0 Å². The van der Waals surface area contributed by atoms with Crippen molar-refractivity contribution in [3.05, 3.63) is 70.4 Å². The first-order valence-corrected chi connectivity index (χ1v) is 7.97. The number of aromatic amines is 1. The normalized spacial score (nSPS) is 11.0. The molecule has 2 heterocycles. The fourth-order valence-electron chi connectivity index (χ4n) is 2.84. The van der Waals surface area contributed by atoms with Crippen LogP contribution in [0.3, 0.4) is 0 Å². The molecule has 0 spiro atoms. The van der Waals surface area contributed by atoms with Crippen LogP contribution in [0.2, 0.25) is 0 Å². The van der Waals surface area contributed by atoms with E-state index in [2.05, 4.69) is 15.1 Å². The van der Waals surface area contributed by atoms with Gasteiger partial charge in [-0.05, 0) is 55.5 Å². The fourth-order valence-corrected chi connectivity index (χ4v) is 2.84. The monoisotopic (exact) mass is 350 g/mol. The molecule has 0 aliphatic rings. The van der Waals surface area contributed by atoms with Crippen LogP contribution >= 0.6 is 0 Å². The Morgan fingerprint density at radius 1 is 1.08 bits per heavy atom. The minimum Gasteiger partial charge on any atom is -0.497 e. The number of ether oxygens (including phenoxy) is 1. The molecule has 0 saturated heterocycles. The van der Waals surface area contributed by atoms with Gasteiger partial charge in [-0.15, -0.1) is 0 Å². The molecule has 1 N–H and O–H groups in total. The van der Waals surface area contributed by atoms with E-state index in [0.717, 1.165) is 5.56 Å². The zero-order valence-electron chi connectivity index (χ0n) is 14.2. The second kappa shape index (κ2) is 6.11. The number of aryl methyl sites for hydroxylation is 1. The van der Waals surface area contributed by atoms with E-state index in [1.165, 1.54) is 12.1 Å². The van der Waals surface area contributed by atoms with Crippen LogP contribution in [0.5, 0.6) is 5.75 Å². The topological polar surface area (TPSA) is 72.8 Å². The lowest BCUT2D eigenvalue weighted by Gasteiger charge is -2.05. The van der Waals surface area contributed by atoms with Crippen molar-refractivity contribution in [2.75, 3.05) is 7.11 Å². The zero-order valence-corrected chi connectivity index (χ0v) is 14.2. The van der Waals surface area contributed by atoms with E-state index in [1.54, 1.807) is 43.0 Å². The van der Waals surface area contributed by atoms with E-state index in [1.807, 2.05) is 12.1 Å². The van der Waals surface area contributed by atoms with Crippen molar-refractivity contribution in [3.8, 4) is 22.8 Å². The number of nitrogens with zero attached hydrogens (tertiary/aromatic N) is 3. The van der Waals surface area contributed by atoms with Crippen LogP contribution in [0.25, 0.3) is 28.1 Å².